The van der Waals surface area contributed by atoms with E-state index in [0.29, 0.717) is 34.3 Å². The number of nitriles is 1. The van der Waals surface area contributed by atoms with Gasteiger partial charge in [-0.1, -0.05) is 6.07 Å². The summed E-state index contributed by atoms with van der Waals surface area (Å²) in [6.45, 7) is 6.87. The third kappa shape index (κ3) is 5.82. The number of aromatic nitrogens is 4. The average molecular weight is 492 g/mol. The Morgan fingerprint density at radius 1 is 0.919 bits per heavy atom. The Morgan fingerprint density at radius 2 is 1.68 bits per heavy atom. The molecule has 3 aromatic heterocycles. The SMILES string of the molecule is CC(=O)Nc1cc(-c2ccnc(-c3cc(NC(=O)c4ccnc(C(C)(C)C#N)c4)ccc3C)n2)ccn1. The van der Waals surface area contributed by atoms with E-state index in [1.165, 1.54) is 13.1 Å². The molecule has 9 heteroatoms. The third-order valence-corrected chi connectivity index (χ3v) is 5.69. The van der Waals surface area contributed by atoms with Gasteiger partial charge in [-0.3, -0.25) is 14.6 Å². The van der Waals surface area contributed by atoms with Crippen LogP contribution in [0.3, 0.4) is 0 Å². The molecule has 0 saturated heterocycles. The number of anilines is 2. The number of amides is 2. The third-order valence-electron chi connectivity index (χ3n) is 5.69. The number of nitrogens with one attached hydrogen (secondary N) is 2. The van der Waals surface area contributed by atoms with E-state index >= 15 is 0 Å². The minimum Gasteiger partial charge on any atom is -0.322 e. The van der Waals surface area contributed by atoms with Crippen molar-refractivity contribution in [3.63, 3.8) is 0 Å². The molecule has 37 heavy (non-hydrogen) atoms. The van der Waals surface area contributed by atoms with Crippen LogP contribution >= 0.6 is 0 Å². The first-order valence-electron chi connectivity index (χ1n) is 11.5. The van der Waals surface area contributed by atoms with E-state index in [4.69, 9.17) is 4.98 Å². The molecule has 0 atom stereocenters. The highest BCUT2D eigenvalue weighted by Crippen LogP contribution is 2.27. The predicted octanol–water partition coefficient (Wildman–Crippen LogP) is 4.92. The van der Waals surface area contributed by atoms with Crippen LogP contribution in [0.5, 0.6) is 0 Å². The van der Waals surface area contributed by atoms with Crippen molar-refractivity contribution in [1.29, 1.82) is 5.26 Å². The van der Waals surface area contributed by atoms with Crippen molar-refractivity contribution in [2.75, 3.05) is 10.6 Å². The monoisotopic (exact) mass is 491 g/mol. The first-order chi connectivity index (χ1) is 17.7. The molecule has 0 aliphatic heterocycles. The molecule has 3 heterocycles. The number of rotatable bonds is 6. The maximum absolute atomic E-state index is 13.0. The number of hydrogen-bond acceptors (Lipinski definition) is 7. The van der Waals surface area contributed by atoms with Crippen LogP contribution in [0.1, 0.15) is 42.4 Å². The Morgan fingerprint density at radius 3 is 2.43 bits per heavy atom. The van der Waals surface area contributed by atoms with Crippen LogP contribution < -0.4 is 10.6 Å². The summed E-state index contributed by atoms with van der Waals surface area (Å²) in [5, 5.41) is 15.0. The molecule has 4 rings (SSSR count). The lowest BCUT2D eigenvalue weighted by molar-refractivity contribution is -0.114. The number of hydrogen-bond donors (Lipinski definition) is 2. The molecule has 2 amide bonds. The van der Waals surface area contributed by atoms with Gasteiger partial charge < -0.3 is 10.6 Å². The molecular formula is C28H25N7O2. The summed E-state index contributed by atoms with van der Waals surface area (Å²) >= 11 is 0. The van der Waals surface area contributed by atoms with Gasteiger partial charge in [0, 0.05) is 47.9 Å². The lowest BCUT2D eigenvalue weighted by Gasteiger charge is -2.15. The smallest absolute Gasteiger partial charge is 0.255 e. The van der Waals surface area contributed by atoms with Crippen molar-refractivity contribution in [3.8, 4) is 28.7 Å². The van der Waals surface area contributed by atoms with Crippen LogP contribution in [0, 0.1) is 18.3 Å². The summed E-state index contributed by atoms with van der Waals surface area (Å²) in [4.78, 5) is 41.9. The minimum absolute atomic E-state index is 0.209. The number of benzene rings is 1. The fourth-order valence-electron chi connectivity index (χ4n) is 3.60. The first-order valence-corrected chi connectivity index (χ1v) is 11.5. The zero-order chi connectivity index (χ0) is 26.6. The van der Waals surface area contributed by atoms with Gasteiger partial charge in [0.25, 0.3) is 5.91 Å². The van der Waals surface area contributed by atoms with Crippen molar-refractivity contribution in [1.82, 2.24) is 19.9 Å². The van der Waals surface area contributed by atoms with E-state index in [2.05, 4.69) is 31.7 Å². The second-order valence-electron chi connectivity index (χ2n) is 9.03. The van der Waals surface area contributed by atoms with Crippen molar-refractivity contribution in [2.45, 2.75) is 33.1 Å². The highest BCUT2D eigenvalue weighted by Gasteiger charge is 2.22. The van der Waals surface area contributed by atoms with Crippen LogP contribution in [0.25, 0.3) is 22.6 Å². The lowest BCUT2D eigenvalue weighted by Crippen LogP contribution is -2.18. The van der Waals surface area contributed by atoms with Crippen molar-refractivity contribution in [3.05, 3.63) is 83.9 Å². The van der Waals surface area contributed by atoms with E-state index in [-0.39, 0.29) is 11.8 Å². The van der Waals surface area contributed by atoms with Gasteiger partial charge in [0.2, 0.25) is 5.91 Å². The van der Waals surface area contributed by atoms with Crippen LogP contribution in [-0.4, -0.2) is 31.8 Å². The summed E-state index contributed by atoms with van der Waals surface area (Å²) in [6.07, 6.45) is 4.79. The Bertz CT molecular complexity index is 1540. The predicted molar refractivity (Wildman–Crippen MR) is 141 cm³/mol. The molecule has 0 aliphatic carbocycles. The topological polar surface area (TPSA) is 134 Å². The molecule has 184 valence electrons. The highest BCUT2D eigenvalue weighted by molar-refractivity contribution is 6.04. The molecule has 0 fully saturated rings. The first kappa shape index (κ1) is 25.1. The molecule has 0 aliphatic rings. The van der Waals surface area contributed by atoms with Gasteiger partial charge in [-0.15, -0.1) is 0 Å². The van der Waals surface area contributed by atoms with E-state index < -0.39 is 5.41 Å². The summed E-state index contributed by atoms with van der Waals surface area (Å²) in [5.41, 5.74) is 3.83. The van der Waals surface area contributed by atoms with E-state index in [0.717, 1.165) is 16.7 Å². The van der Waals surface area contributed by atoms with Gasteiger partial charge >= 0.3 is 0 Å². The Kier molecular flexibility index (Phi) is 7.02. The van der Waals surface area contributed by atoms with E-state index in [1.54, 1.807) is 56.6 Å². The number of pyridine rings is 2. The highest BCUT2D eigenvalue weighted by atomic mass is 16.2. The number of aryl methyl sites for hydroxylation is 1. The Balaban J connectivity index is 1.61. The standard InChI is InChI=1S/C28H25N7O2/c1-17-5-6-21(34-27(37)20-8-10-30-24(13-20)28(3,4)16-29)15-22(17)26-32-12-9-23(35-26)19-7-11-31-25(14-19)33-18(2)36/h5-15H,1-4H3,(H,34,37)(H,31,33,36). The van der Waals surface area contributed by atoms with Gasteiger partial charge in [0.05, 0.1) is 22.9 Å². The molecule has 0 spiro atoms. The molecule has 0 saturated carbocycles. The van der Waals surface area contributed by atoms with Crippen LogP contribution in [0.4, 0.5) is 11.5 Å². The van der Waals surface area contributed by atoms with Crippen molar-refractivity contribution < 1.29 is 9.59 Å². The number of carbonyl (C=O) groups excluding carboxylic acids is 2. The molecule has 9 nitrogen and oxygen atoms in total. The van der Waals surface area contributed by atoms with E-state index in [1.807, 2.05) is 25.1 Å². The number of nitrogens with zero attached hydrogens (tertiary/aromatic N) is 5. The van der Waals surface area contributed by atoms with Crippen molar-refractivity contribution >= 4 is 23.3 Å². The quantitative estimate of drug-likeness (QED) is 0.391. The minimum atomic E-state index is -0.812. The van der Waals surface area contributed by atoms with Gasteiger partial charge in [-0.05, 0) is 68.8 Å². The molecule has 0 radical (unpaired) electrons. The molecule has 4 aromatic rings. The van der Waals surface area contributed by atoms with Gasteiger partial charge in [-0.2, -0.15) is 5.26 Å². The normalized spacial score (nSPS) is 10.9. The fourth-order valence-corrected chi connectivity index (χ4v) is 3.60. The molecular weight excluding hydrogens is 466 g/mol. The summed E-state index contributed by atoms with van der Waals surface area (Å²) in [6, 6.07) is 16.3. The summed E-state index contributed by atoms with van der Waals surface area (Å²) in [5.74, 6) is 0.401. The zero-order valence-electron chi connectivity index (χ0n) is 20.9. The summed E-state index contributed by atoms with van der Waals surface area (Å²) < 4.78 is 0. The maximum Gasteiger partial charge on any atom is 0.255 e. The van der Waals surface area contributed by atoms with Crippen LogP contribution in [0.15, 0.2) is 67.1 Å². The second kappa shape index (κ2) is 10.3. The van der Waals surface area contributed by atoms with E-state index in [9.17, 15) is 14.9 Å². The largest absolute Gasteiger partial charge is 0.322 e. The Labute approximate surface area is 214 Å². The van der Waals surface area contributed by atoms with Gasteiger partial charge in [0.1, 0.15) is 5.82 Å². The van der Waals surface area contributed by atoms with Crippen molar-refractivity contribution in [2.24, 2.45) is 0 Å². The van der Waals surface area contributed by atoms with Gasteiger partial charge in [0.15, 0.2) is 5.82 Å². The Hall–Kier alpha value is -4.97. The molecule has 0 unspecified atom stereocenters. The second-order valence-corrected chi connectivity index (χ2v) is 9.03. The van der Waals surface area contributed by atoms with Crippen LogP contribution in [0.2, 0.25) is 0 Å². The molecule has 2 N–H and O–H groups in total. The van der Waals surface area contributed by atoms with Gasteiger partial charge in [-0.25, -0.2) is 15.0 Å². The maximum atomic E-state index is 13.0. The fraction of sp³-hybridized carbons (Fsp3) is 0.179. The lowest BCUT2D eigenvalue weighted by atomic mass is 9.90. The average Bonchev–Trinajstić information content (AvgIpc) is 2.89. The number of carbonyl (C=O) groups is 2. The molecule has 0 bridgehead atoms. The molecule has 1 aromatic carbocycles. The summed E-state index contributed by atoms with van der Waals surface area (Å²) in [7, 11) is 0. The zero-order valence-corrected chi connectivity index (χ0v) is 20.9. The van der Waals surface area contributed by atoms with Crippen LogP contribution in [-0.2, 0) is 10.2 Å².